The lowest BCUT2D eigenvalue weighted by Crippen LogP contribution is -2.54. The van der Waals surface area contributed by atoms with E-state index in [0.717, 1.165) is 24.2 Å². The number of rotatable bonds is 3. The van der Waals surface area contributed by atoms with E-state index >= 15 is 0 Å². The molecular formula is C13H21N3O3. The first-order valence-corrected chi connectivity index (χ1v) is 6.92. The van der Waals surface area contributed by atoms with Gasteiger partial charge in [-0.1, -0.05) is 19.8 Å². The topological polar surface area (TPSA) is 78.5 Å². The molecule has 2 rings (SSSR count). The molecule has 0 bridgehead atoms. The van der Waals surface area contributed by atoms with Gasteiger partial charge in [0.15, 0.2) is 0 Å². The molecule has 1 saturated carbocycles. The molecule has 0 aromatic rings. The molecule has 6 heteroatoms. The minimum Gasteiger partial charge on any atom is -0.355 e. The highest BCUT2D eigenvalue weighted by molar-refractivity contribution is 6.09. The molecule has 0 aromatic carbocycles. The summed E-state index contributed by atoms with van der Waals surface area (Å²) in [6, 6.07) is -0.440. The van der Waals surface area contributed by atoms with Crippen molar-refractivity contribution in [3.05, 3.63) is 0 Å². The number of likely N-dealkylation sites (N-methyl/N-ethyl adjacent to an activating group) is 1. The Kier molecular flexibility index (Phi) is 3.78. The second kappa shape index (κ2) is 5.19. The molecular weight excluding hydrogens is 246 g/mol. The molecule has 2 fully saturated rings. The maximum Gasteiger partial charge on any atom is 0.325 e. The number of hydrogen-bond acceptors (Lipinski definition) is 3. The van der Waals surface area contributed by atoms with E-state index in [1.165, 1.54) is 0 Å². The average molecular weight is 267 g/mol. The van der Waals surface area contributed by atoms with E-state index in [-0.39, 0.29) is 24.3 Å². The summed E-state index contributed by atoms with van der Waals surface area (Å²) in [6.07, 6.45) is 3.62. The van der Waals surface area contributed by atoms with Crippen molar-refractivity contribution in [3.8, 4) is 0 Å². The Morgan fingerprint density at radius 1 is 1.47 bits per heavy atom. The van der Waals surface area contributed by atoms with Crippen molar-refractivity contribution in [1.82, 2.24) is 15.5 Å². The number of urea groups is 1. The number of amides is 4. The third kappa shape index (κ3) is 2.31. The quantitative estimate of drug-likeness (QED) is 0.736. The fourth-order valence-electron chi connectivity index (χ4n) is 3.04. The zero-order valence-electron chi connectivity index (χ0n) is 11.5. The van der Waals surface area contributed by atoms with E-state index in [2.05, 4.69) is 10.6 Å². The number of carbonyl (C=O) groups is 3. The molecule has 1 heterocycles. The van der Waals surface area contributed by atoms with Gasteiger partial charge in [-0.05, 0) is 25.7 Å². The molecule has 0 aromatic heterocycles. The van der Waals surface area contributed by atoms with Gasteiger partial charge in [-0.15, -0.1) is 0 Å². The number of nitrogens with one attached hydrogen (secondary N) is 2. The van der Waals surface area contributed by atoms with Crippen LogP contribution in [0.5, 0.6) is 0 Å². The maximum absolute atomic E-state index is 12.5. The fourth-order valence-corrected chi connectivity index (χ4v) is 3.04. The molecule has 0 unspecified atom stereocenters. The number of hydrogen-bond donors (Lipinski definition) is 2. The molecule has 6 nitrogen and oxygen atoms in total. The average Bonchev–Trinajstić information content (AvgIpc) is 2.59. The van der Waals surface area contributed by atoms with Crippen LogP contribution < -0.4 is 10.6 Å². The van der Waals surface area contributed by atoms with Gasteiger partial charge in [0, 0.05) is 6.54 Å². The van der Waals surface area contributed by atoms with Crippen LogP contribution in [0.15, 0.2) is 0 Å². The Labute approximate surface area is 112 Å². The van der Waals surface area contributed by atoms with Gasteiger partial charge < -0.3 is 10.6 Å². The molecule has 2 N–H and O–H groups in total. The van der Waals surface area contributed by atoms with Crippen LogP contribution in [0.2, 0.25) is 0 Å². The van der Waals surface area contributed by atoms with Gasteiger partial charge >= 0.3 is 6.03 Å². The Morgan fingerprint density at radius 3 is 2.84 bits per heavy atom. The summed E-state index contributed by atoms with van der Waals surface area (Å²) in [7, 11) is 0. The van der Waals surface area contributed by atoms with Gasteiger partial charge in [-0.25, -0.2) is 4.79 Å². The van der Waals surface area contributed by atoms with Crippen molar-refractivity contribution in [2.75, 3.05) is 13.1 Å². The van der Waals surface area contributed by atoms with E-state index in [4.69, 9.17) is 0 Å². The molecule has 19 heavy (non-hydrogen) atoms. The maximum atomic E-state index is 12.5. The van der Waals surface area contributed by atoms with Crippen LogP contribution in [0.25, 0.3) is 0 Å². The van der Waals surface area contributed by atoms with Crippen LogP contribution in [0.4, 0.5) is 4.79 Å². The van der Waals surface area contributed by atoms with E-state index in [0.29, 0.717) is 13.0 Å². The summed E-state index contributed by atoms with van der Waals surface area (Å²) in [4.78, 5) is 37.1. The Morgan fingerprint density at radius 2 is 2.21 bits per heavy atom. The molecule has 106 valence electrons. The molecule has 2 atom stereocenters. The summed E-state index contributed by atoms with van der Waals surface area (Å²) < 4.78 is 0. The summed E-state index contributed by atoms with van der Waals surface area (Å²) in [5, 5.41) is 5.43. The van der Waals surface area contributed by atoms with E-state index in [9.17, 15) is 14.4 Å². The SMILES string of the molecule is CCNC(=O)CN1C(=O)N[C@]2(CCCC[C@H]2C)C1=O. The lowest BCUT2D eigenvalue weighted by atomic mass is 9.73. The van der Waals surface area contributed by atoms with Gasteiger partial charge in [-0.2, -0.15) is 0 Å². The molecule has 1 spiro atoms. The van der Waals surface area contributed by atoms with Gasteiger partial charge in [0.1, 0.15) is 12.1 Å². The monoisotopic (exact) mass is 267 g/mol. The van der Waals surface area contributed by atoms with Crippen LogP contribution >= 0.6 is 0 Å². The standard InChI is InChI=1S/C13H21N3O3/c1-3-14-10(17)8-16-11(18)13(15-12(16)19)7-5-4-6-9(13)2/h9H,3-8H2,1-2H3,(H,14,17)(H,15,19)/t9-,13+/m1/s1. The van der Waals surface area contributed by atoms with E-state index < -0.39 is 11.6 Å². The van der Waals surface area contributed by atoms with Gasteiger partial charge in [0.2, 0.25) is 5.91 Å². The molecule has 1 aliphatic heterocycles. The highest BCUT2D eigenvalue weighted by Gasteiger charge is 2.55. The summed E-state index contributed by atoms with van der Waals surface area (Å²) >= 11 is 0. The largest absolute Gasteiger partial charge is 0.355 e. The Balaban J connectivity index is 2.13. The predicted molar refractivity (Wildman–Crippen MR) is 69.3 cm³/mol. The molecule has 0 radical (unpaired) electrons. The lowest BCUT2D eigenvalue weighted by Gasteiger charge is -2.36. The predicted octanol–water partition coefficient (Wildman–Crippen LogP) is 0.623. The van der Waals surface area contributed by atoms with Crippen LogP contribution in [-0.4, -0.2) is 41.4 Å². The van der Waals surface area contributed by atoms with Crippen molar-refractivity contribution >= 4 is 17.8 Å². The third-order valence-electron chi connectivity index (χ3n) is 4.18. The van der Waals surface area contributed by atoms with Crippen LogP contribution in [0.1, 0.15) is 39.5 Å². The second-order valence-corrected chi connectivity index (χ2v) is 5.39. The zero-order valence-corrected chi connectivity index (χ0v) is 11.5. The minimum absolute atomic E-state index is 0.122. The van der Waals surface area contributed by atoms with Crippen molar-refractivity contribution in [1.29, 1.82) is 0 Å². The van der Waals surface area contributed by atoms with Crippen LogP contribution in [-0.2, 0) is 9.59 Å². The summed E-state index contributed by atoms with van der Waals surface area (Å²) in [5.41, 5.74) is -0.776. The third-order valence-corrected chi connectivity index (χ3v) is 4.18. The van der Waals surface area contributed by atoms with Gasteiger partial charge in [0.25, 0.3) is 5.91 Å². The smallest absolute Gasteiger partial charge is 0.325 e. The van der Waals surface area contributed by atoms with Gasteiger partial charge in [0.05, 0.1) is 0 Å². The fraction of sp³-hybridized carbons (Fsp3) is 0.769. The van der Waals surface area contributed by atoms with Crippen molar-refractivity contribution in [2.45, 2.75) is 45.1 Å². The molecule has 1 aliphatic carbocycles. The highest BCUT2D eigenvalue weighted by atomic mass is 16.2. The lowest BCUT2D eigenvalue weighted by molar-refractivity contribution is -0.137. The normalized spacial score (nSPS) is 30.6. The minimum atomic E-state index is -0.776. The second-order valence-electron chi connectivity index (χ2n) is 5.39. The van der Waals surface area contributed by atoms with Crippen LogP contribution in [0, 0.1) is 5.92 Å². The molecule has 4 amide bonds. The Hall–Kier alpha value is -1.59. The number of nitrogens with zero attached hydrogens (tertiary/aromatic N) is 1. The van der Waals surface area contributed by atoms with Crippen LogP contribution in [0.3, 0.4) is 0 Å². The van der Waals surface area contributed by atoms with Crippen molar-refractivity contribution in [2.24, 2.45) is 5.92 Å². The Bertz CT molecular complexity index is 410. The molecule has 1 saturated heterocycles. The molecule has 2 aliphatic rings. The van der Waals surface area contributed by atoms with Gasteiger partial charge in [-0.3, -0.25) is 14.5 Å². The zero-order chi connectivity index (χ0) is 14.0. The van der Waals surface area contributed by atoms with Crippen molar-refractivity contribution in [3.63, 3.8) is 0 Å². The van der Waals surface area contributed by atoms with E-state index in [1.807, 2.05) is 6.92 Å². The summed E-state index contributed by atoms with van der Waals surface area (Å²) in [5.74, 6) is -0.417. The summed E-state index contributed by atoms with van der Waals surface area (Å²) in [6.45, 7) is 4.10. The highest BCUT2D eigenvalue weighted by Crippen LogP contribution is 2.37. The first-order chi connectivity index (χ1) is 9.01. The number of imide groups is 1. The van der Waals surface area contributed by atoms with Crippen molar-refractivity contribution < 1.29 is 14.4 Å². The first kappa shape index (κ1) is 13.8. The van der Waals surface area contributed by atoms with E-state index in [1.54, 1.807) is 6.92 Å². The first-order valence-electron chi connectivity index (χ1n) is 6.92. The number of carbonyl (C=O) groups excluding carboxylic acids is 3.